The van der Waals surface area contributed by atoms with Gasteiger partial charge < -0.3 is 10.0 Å². The van der Waals surface area contributed by atoms with Crippen molar-refractivity contribution < 1.29 is 14.3 Å². The monoisotopic (exact) mass is 379 g/mol. The Morgan fingerprint density at radius 3 is 2.79 bits per heavy atom. The van der Waals surface area contributed by atoms with Gasteiger partial charge in [0.25, 0.3) is 0 Å². The van der Waals surface area contributed by atoms with Crippen LogP contribution in [0.1, 0.15) is 41.5 Å². The number of likely N-dealkylation sites (tertiary alicyclic amines) is 1. The van der Waals surface area contributed by atoms with Gasteiger partial charge in [0.2, 0.25) is 0 Å². The average Bonchev–Trinajstić information content (AvgIpc) is 2.85. The third-order valence-corrected chi connectivity index (χ3v) is 5.98. The Hall–Kier alpha value is -2.46. The first-order valence-electron chi connectivity index (χ1n) is 10.1. The molecule has 3 nitrogen and oxygen atoms in total. The number of aliphatic carboxylic acids is 1. The standard InChI is InChI=1S/C24H26FNO2/c25-20-11-12-22-18(15-20)10-9-17-5-1-2-7-21(17)23(22)8-4-14-26-13-3-6-19(16-26)24(27)28/h1-2,5,7-8,11-12,15,19H,3-4,6,9-10,13-14,16H2,(H,27,28)/t19-/m1/s1. The molecule has 0 spiro atoms. The van der Waals surface area contributed by atoms with Gasteiger partial charge in [-0.1, -0.05) is 36.4 Å². The van der Waals surface area contributed by atoms with Gasteiger partial charge in [-0.05, 0) is 78.6 Å². The number of hydrogen-bond donors (Lipinski definition) is 1. The molecule has 1 N–H and O–H groups in total. The van der Waals surface area contributed by atoms with E-state index >= 15 is 0 Å². The van der Waals surface area contributed by atoms with Crippen LogP contribution >= 0.6 is 0 Å². The first kappa shape index (κ1) is 18.9. The van der Waals surface area contributed by atoms with E-state index in [1.807, 2.05) is 6.07 Å². The van der Waals surface area contributed by atoms with E-state index in [0.29, 0.717) is 6.54 Å². The highest BCUT2D eigenvalue weighted by Crippen LogP contribution is 2.34. The van der Waals surface area contributed by atoms with Crippen molar-refractivity contribution in [3.63, 3.8) is 0 Å². The van der Waals surface area contributed by atoms with Crippen molar-refractivity contribution in [1.29, 1.82) is 0 Å². The van der Waals surface area contributed by atoms with Crippen molar-refractivity contribution in [3.8, 4) is 0 Å². The number of nitrogens with zero attached hydrogens (tertiary/aromatic N) is 1. The third kappa shape index (κ3) is 4.02. The minimum atomic E-state index is -0.684. The summed E-state index contributed by atoms with van der Waals surface area (Å²) in [7, 11) is 0. The lowest BCUT2D eigenvalue weighted by atomic mass is 9.93. The molecule has 2 aromatic rings. The molecular weight excluding hydrogens is 353 g/mol. The second kappa shape index (κ2) is 8.27. The molecule has 0 aromatic heterocycles. The molecule has 1 aliphatic heterocycles. The SMILES string of the molecule is O=C(O)[C@@H]1CCCN(CCC=C2c3ccccc3CCc3cc(F)ccc32)C1. The van der Waals surface area contributed by atoms with Gasteiger partial charge in [-0.2, -0.15) is 0 Å². The normalized spacial score (nSPS) is 21.0. The minimum absolute atomic E-state index is 0.183. The lowest BCUT2D eigenvalue weighted by Crippen LogP contribution is -2.39. The summed E-state index contributed by atoms with van der Waals surface area (Å²) >= 11 is 0. The van der Waals surface area contributed by atoms with Crippen LogP contribution in [0.25, 0.3) is 5.57 Å². The quantitative estimate of drug-likeness (QED) is 0.848. The zero-order valence-corrected chi connectivity index (χ0v) is 16.0. The van der Waals surface area contributed by atoms with Crippen LogP contribution in [0.3, 0.4) is 0 Å². The zero-order chi connectivity index (χ0) is 19.5. The summed E-state index contributed by atoms with van der Waals surface area (Å²) in [4.78, 5) is 13.5. The van der Waals surface area contributed by atoms with E-state index in [0.717, 1.165) is 56.3 Å². The number of carboxylic acid groups (broad SMARTS) is 1. The maximum absolute atomic E-state index is 13.8. The molecule has 0 radical (unpaired) electrons. The maximum atomic E-state index is 13.8. The number of rotatable bonds is 4. The molecule has 2 aromatic carbocycles. The number of piperidine rings is 1. The number of benzene rings is 2. The first-order valence-corrected chi connectivity index (χ1v) is 10.1. The summed E-state index contributed by atoms with van der Waals surface area (Å²) in [5, 5.41) is 9.29. The fraction of sp³-hybridized carbons (Fsp3) is 0.375. The van der Waals surface area contributed by atoms with Crippen LogP contribution in [0.4, 0.5) is 4.39 Å². The summed E-state index contributed by atoms with van der Waals surface area (Å²) < 4.78 is 13.8. The van der Waals surface area contributed by atoms with E-state index in [1.54, 1.807) is 12.1 Å². The summed E-state index contributed by atoms with van der Waals surface area (Å²) in [5.41, 5.74) is 5.89. The Kier molecular flexibility index (Phi) is 5.58. The molecule has 0 amide bonds. The smallest absolute Gasteiger partial charge is 0.307 e. The molecule has 146 valence electrons. The Balaban J connectivity index is 1.58. The Labute approximate surface area is 165 Å². The molecule has 28 heavy (non-hydrogen) atoms. The number of fused-ring (bicyclic) bond motifs is 2. The summed E-state index contributed by atoms with van der Waals surface area (Å²) in [5.74, 6) is -1.11. The molecule has 0 unspecified atom stereocenters. The van der Waals surface area contributed by atoms with E-state index in [-0.39, 0.29) is 11.7 Å². The summed E-state index contributed by atoms with van der Waals surface area (Å²) in [6.45, 7) is 2.45. The molecule has 4 heteroatoms. The van der Waals surface area contributed by atoms with Gasteiger partial charge in [-0.25, -0.2) is 4.39 Å². The van der Waals surface area contributed by atoms with E-state index in [2.05, 4.69) is 35.2 Å². The van der Waals surface area contributed by atoms with Crippen LogP contribution < -0.4 is 0 Å². The van der Waals surface area contributed by atoms with Crippen molar-refractivity contribution in [2.75, 3.05) is 19.6 Å². The number of carboxylic acids is 1. The topological polar surface area (TPSA) is 40.5 Å². The lowest BCUT2D eigenvalue weighted by Gasteiger charge is -2.30. The second-order valence-electron chi connectivity index (χ2n) is 7.84. The fourth-order valence-corrected chi connectivity index (χ4v) is 4.52. The van der Waals surface area contributed by atoms with E-state index in [1.165, 1.54) is 16.7 Å². The van der Waals surface area contributed by atoms with Crippen LogP contribution in [0.15, 0.2) is 48.5 Å². The molecule has 1 saturated heterocycles. The number of halogens is 1. The highest BCUT2D eigenvalue weighted by atomic mass is 19.1. The Morgan fingerprint density at radius 1 is 1.14 bits per heavy atom. The summed E-state index contributed by atoms with van der Waals surface area (Å²) in [6, 6.07) is 13.5. The molecule has 2 aliphatic rings. The molecular formula is C24H26FNO2. The third-order valence-electron chi connectivity index (χ3n) is 5.98. The average molecular weight is 379 g/mol. The largest absolute Gasteiger partial charge is 0.481 e. The van der Waals surface area contributed by atoms with Crippen LogP contribution in [0, 0.1) is 11.7 Å². The van der Waals surface area contributed by atoms with E-state index < -0.39 is 5.97 Å². The van der Waals surface area contributed by atoms with Crippen LogP contribution in [0.2, 0.25) is 0 Å². The second-order valence-corrected chi connectivity index (χ2v) is 7.84. The van der Waals surface area contributed by atoms with Crippen molar-refractivity contribution >= 4 is 11.5 Å². The maximum Gasteiger partial charge on any atom is 0.307 e. The minimum Gasteiger partial charge on any atom is -0.481 e. The Morgan fingerprint density at radius 2 is 1.93 bits per heavy atom. The number of hydrogen-bond acceptors (Lipinski definition) is 2. The molecule has 1 fully saturated rings. The lowest BCUT2D eigenvalue weighted by molar-refractivity contribution is -0.143. The Bertz CT molecular complexity index is 905. The molecule has 1 aliphatic carbocycles. The van der Waals surface area contributed by atoms with Crippen LogP contribution in [-0.4, -0.2) is 35.6 Å². The van der Waals surface area contributed by atoms with Crippen molar-refractivity contribution in [1.82, 2.24) is 4.90 Å². The van der Waals surface area contributed by atoms with Crippen molar-refractivity contribution in [3.05, 3.63) is 76.6 Å². The van der Waals surface area contributed by atoms with Gasteiger partial charge >= 0.3 is 5.97 Å². The molecule has 1 atom stereocenters. The molecule has 0 bridgehead atoms. The van der Waals surface area contributed by atoms with Crippen molar-refractivity contribution in [2.45, 2.75) is 32.1 Å². The van der Waals surface area contributed by atoms with E-state index in [4.69, 9.17) is 0 Å². The van der Waals surface area contributed by atoms with Crippen LogP contribution in [-0.2, 0) is 17.6 Å². The zero-order valence-electron chi connectivity index (χ0n) is 16.0. The predicted octanol–water partition coefficient (Wildman–Crippen LogP) is 4.54. The number of aryl methyl sites for hydroxylation is 2. The van der Waals surface area contributed by atoms with Crippen molar-refractivity contribution in [2.24, 2.45) is 5.92 Å². The molecule has 0 saturated carbocycles. The van der Waals surface area contributed by atoms with Gasteiger partial charge in [-0.15, -0.1) is 0 Å². The summed E-state index contributed by atoms with van der Waals surface area (Å²) in [6.07, 6.45) is 6.58. The van der Waals surface area contributed by atoms with Gasteiger partial charge in [0.15, 0.2) is 0 Å². The fourth-order valence-electron chi connectivity index (χ4n) is 4.52. The van der Waals surface area contributed by atoms with Gasteiger partial charge in [-0.3, -0.25) is 4.79 Å². The highest BCUT2D eigenvalue weighted by molar-refractivity contribution is 5.83. The number of carbonyl (C=O) groups is 1. The van der Waals surface area contributed by atoms with Gasteiger partial charge in [0, 0.05) is 13.1 Å². The van der Waals surface area contributed by atoms with Gasteiger partial charge in [0.05, 0.1) is 5.92 Å². The highest BCUT2D eigenvalue weighted by Gasteiger charge is 2.25. The molecule has 4 rings (SSSR count). The first-order chi connectivity index (χ1) is 13.6. The van der Waals surface area contributed by atoms with E-state index in [9.17, 15) is 14.3 Å². The predicted molar refractivity (Wildman–Crippen MR) is 109 cm³/mol. The molecule has 1 heterocycles. The van der Waals surface area contributed by atoms with Crippen LogP contribution in [0.5, 0.6) is 0 Å². The van der Waals surface area contributed by atoms with Gasteiger partial charge in [0.1, 0.15) is 5.82 Å².